The fourth-order valence-electron chi connectivity index (χ4n) is 1.44. The van der Waals surface area contributed by atoms with Gasteiger partial charge in [-0.05, 0) is 6.42 Å². The Morgan fingerprint density at radius 1 is 1.35 bits per heavy atom. The molecule has 0 radical (unpaired) electrons. The molecule has 0 aliphatic heterocycles. The quantitative estimate of drug-likeness (QED) is 0.461. The van der Waals surface area contributed by atoms with Gasteiger partial charge in [0.1, 0.15) is 0 Å². The summed E-state index contributed by atoms with van der Waals surface area (Å²) in [5.41, 5.74) is -0.134. The third-order valence-corrected chi connectivity index (χ3v) is 2.56. The summed E-state index contributed by atoms with van der Waals surface area (Å²) in [7, 11) is 3.42. The SMILES string of the molecule is CN=C(NCCCOC)NCc1noc(C(C)(C)C)n1. The summed E-state index contributed by atoms with van der Waals surface area (Å²) >= 11 is 0. The van der Waals surface area contributed by atoms with Gasteiger partial charge in [-0.2, -0.15) is 4.98 Å². The highest BCUT2D eigenvalue weighted by Gasteiger charge is 2.21. The Labute approximate surface area is 120 Å². The summed E-state index contributed by atoms with van der Waals surface area (Å²) < 4.78 is 10.2. The minimum Gasteiger partial charge on any atom is -0.385 e. The zero-order valence-corrected chi connectivity index (χ0v) is 13.0. The molecule has 114 valence electrons. The van der Waals surface area contributed by atoms with E-state index in [-0.39, 0.29) is 5.41 Å². The Morgan fingerprint density at radius 2 is 2.10 bits per heavy atom. The predicted molar refractivity (Wildman–Crippen MR) is 77.7 cm³/mol. The Morgan fingerprint density at radius 3 is 2.65 bits per heavy atom. The molecule has 0 bridgehead atoms. The van der Waals surface area contributed by atoms with E-state index in [1.54, 1.807) is 14.2 Å². The number of hydrogen-bond acceptors (Lipinski definition) is 5. The second-order valence-corrected chi connectivity index (χ2v) is 5.46. The van der Waals surface area contributed by atoms with E-state index in [9.17, 15) is 0 Å². The molecule has 0 saturated carbocycles. The molecule has 0 aromatic carbocycles. The number of ether oxygens (including phenoxy) is 1. The van der Waals surface area contributed by atoms with Crippen molar-refractivity contribution >= 4 is 5.96 Å². The van der Waals surface area contributed by atoms with Crippen LogP contribution in [-0.4, -0.2) is 43.4 Å². The van der Waals surface area contributed by atoms with Crippen LogP contribution in [-0.2, 0) is 16.7 Å². The lowest BCUT2D eigenvalue weighted by Gasteiger charge is -2.11. The Kier molecular flexibility index (Phi) is 6.44. The van der Waals surface area contributed by atoms with Crippen LogP contribution < -0.4 is 10.6 Å². The van der Waals surface area contributed by atoms with Crippen molar-refractivity contribution in [2.45, 2.75) is 39.2 Å². The highest BCUT2D eigenvalue weighted by Crippen LogP contribution is 2.19. The Bertz CT molecular complexity index is 423. The number of hydrogen-bond donors (Lipinski definition) is 2. The first-order valence-corrected chi connectivity index (χ1v) is 6.74. The Balaban J connectivity index is 2.39. The van der Waals surface area contributed by atoms with Crippen LogP contribution in [0.4, 0.5) is 0 Å². The number of nitrogens with one attached hydrogen (secondary N) is 2. The maximum Gasteiger partial charge on any atom is 0.232 e. The smallest absolute Gasteiger partial charge is 0.232 e. The first kappa shape index (κ1) is 16.4. The van der Waals surface area contributed by atoms with E-state index in [0.717, 1.165) is 19.6 Å². The molecule has 7 nitrogen and oxygen atoms in total. The van der Waals surface area contributed by atoms with Crippen LogP contribution in [0.2, 0.25) is 0 Å². The standard InChI is InChI=1S/C13H25N5O2/c1-13(2,3)11-17-10(18-20-11)9-16-12(14-4)15-7-6-8-19-5/h6-9H2,1-5H3,(H2,14,15,16). The molecule has 7 heteroatoms. The summed E-state index contributed by atoms with van der Waals surface area (Å²) in [4.78, 5) is 8.48. The first-order chi connectivity index (χ1) is 9.47. The number of rotatable bonds is 6. The van der Waals surface area contributed by atoms with E-state index >= 15 is 0 Å². The highest BCUT2D eigenvalue weighted by molar-refractivity contribution is 5.79. The van der Waals surface area contributed by atoms with Crippen LogP contribution in [0.15, 0.2) is 9.52 Å². The molecule has 0 aliphatic rings. The minimum atomic E-state index is -0.134. The lowest BCUT2D eigenvalue weighted by molar-refractivity contribution is 0.195. The van der Waals surface area contributed by atoms with Crippen molar-refractivity contribution in [3.8, 4) is 0 Å². The number of aromatic nitrogens is 2. The van der Waals surface area contributed by atoms with Gasteiger partial charge in [0.25, 0.3) is 0 Å². The van der Waals surface area contributed by atoms with Crippen molar-refractivity contribution < 1.29 is 9.26 Å². The zero-order chi connectivity index (χ0) is 15.0. The lowest BCUT2D eigenvalue weighted by Crippen LogP contribution is -2.37. The van der Waals surface area contributed by atoms with Gasteiger partial charge in [0.15, 0.2) is 11.8 Å². The van der Waals surface area contributed by atoms with E-state index in [0.29, 0.717) is 24.2 Å². The third-order valence-electron chi connectivity index (χ3n) is 2.56. The molecule has 0 atom stereocenters. The molecule has 1 aromatic rings. The molecule has 1 heterocycles. The van der Waals surface area contributed by atoms with Gasteiger partial charge in [0.2, 0.25) is 5.89 Å². The molecular formula is C13H25N5O2. The molecule has 2 N–H and O–H groups in total. The van der Waals surface area contributed by atoms with Crippen LogP contribution in [0.5, 0.6) is 0 Å². The topological polar surface area (TPSA) is 84.6 Å². The van der Waals surface area contributed by atoms with E-state index in [4.69, 9.17) is 9.26 Å². The number of nitrogens with zero attached hydrogens (tertiary/aromatic N) is 3. The van der Waals surface area contributed by atoms with E-state index in [1.165, 1.54) is 0 Å². The summed E-state index contributed by atoms with van der Waals surface area (Å²) in [6.07, 6.45) is 0.924. The summed E-state index contributed by atoms with van der Waals surface area (Å²) in [5, 5.41) is 10.3. The molecule has 0 amide bonds. The lowest BCUT2D eigenvalue weighted by atomic mass is 9.97. The number of methoxy groups -OCH3 is 1. The van der Waals surface area contributed by atoms with Crippen LogP contribution in [0.1, 0.15) is 38.9 Å². The first-order valence-electron chi connectivity index (χ1n) is 6.74. The molecule has 1 rings (SSSR count). The highest BCUT2D eigenvalue weighted by atomic mass is 16.5. The van der Waals surface area contributed by atoms with E-state index < -0.39 is 0 Å². The van der Waals surface area contributed by atoms with Gasteiger partial charge < -0.3 is 19.9 Å². The van der Waals surface area contributed by atoms with Gasteiger partial charge in [-0.15, -0.1) is 0 Å². The normalized spacial score (nSPS) is 12.6. The molecule has 0 saturated heterocycles. The Hall–Kier alpha value is -1.63. The van der Waals surface area contributed by atoms with Crippen molar-refractivity contribution in [1.82, 2.24) is 20.8 Å². The van der Waals surface area contributed by atoms with E-state index in [2.05, 4.69) is 25.8 Å². The molecule has 0 fully saturated rings. The van der Waals surface area contributed by atoms with Gasteiger partial charge in [0, 0.05) is 32.7 Å². The van der Waals surface area contributed by atoms with Gasteiger partial charge in [-0.25, -0.2) is 0 Å². The van der Waals surface area contributed by atoms with E-state index in [1.807, 2.05) is 20.8 Å². The summed E-state index contributed by atoms with van der Waals surface area (Å²) in [5.74, 6) is 1.97. The van der Waals surface area contributed by atoms with Gasteiger partial charge in [-0.1, -0.05) is 25.9 Å². The third kappa shape index (κ3) is 5.56. The summed E-state index contributed by atoms with van der Waals surface area (Å²) in [6.45, 7) is 8.11. The molecular weight excluding hydrogens is 258 g/mol. The van der Waals surface area contributed by atoms with Gasteiger partial charge in [-0.3, -0.25) is 4.99 Å². The van der Waals surface area contributed by atoms with Crippen molar-refractivity contribution in [1.29, 1.82) is 0 Å². The van der Waals surface area contributed by atoms with Crippen molar-refractivity contribution in [3.63, 3.8) is 0 Å². The monoisotopic (exact) mass is 283 g/mol. The van der Waals surface area contributed by atoms with Crippen molar-refractivity contribution in [3.05, 3.63) is 11.7 Å². The molecule has 0 aliphatic carbocycles. The van der Waals surface area contributed by atoms with Crippen molar-refractivity contribution in [2.24, 2.45) is 4.99 Å². The number of guanidine groups is 1. The van der Waals surface area contributed by atoms with Gasteiger partial charge in [0.05, 0.1) is 6.54 Å². The fraction of sp³-hybridized carbons (Fsp3) is 0.769. The second-order valence-electron chi connectivity index (χ2n) is 5.46. The average molecular weight is 283 g/mol. The molecule has 0 unspecified atom stereocenters. The summed E-state index contributed by atoms with van der Waals surface area (Å²) in [6, 6.07) is 0. The van der Waals surface area contributed by atoms with Crippen LogP contribution in [0, 0.1) is 0 Å². The fourth-order valence-corrected chi connectivity index (χ4v) is 1.44. The molecule has 1 aromatic heterocycles. The minimum absolute atomic E-state index is 0.134. The zero-order valence-electron chi connectivity index (χ0n) is 13.0. The second kappa shape index (κ2) is 7.84. The maximum absolute atomic E-state index is 5.23. The molecule has 0 spiro atoms. The van der Waals surface area contributed by atoms with Crippen LogP contribution in [0.3, 0.4) is 0 Å². The van der Waals surface area contributed by atoms with Crippen LogP contribution in [0.25, 0.3) is 0 Å². The van der Waals surface area contributed by atoms with Crippen LogP contribution >= 0.6 is 0 Å². The number of aliphatic imine (C=N–C) groups is 1. The maximum atomic E-state index is 5.23. The van der Waals surface area contributed by atoms with Gasteiger partial charge >= 0.3 is 0 Å². The predicted octanol–water partition coefficient (Wildman–Crippen LogP) is 1.07. The molecule has 20 heavy (non-hydrogen) atoms. The van der Waals surface area contributed by atoms with Crippen molar-refractivity contribution in [2.75, 3.05) is 27.3 Å². The largest absolute Gasteiger partial charge is 0.385 e. The average Bonchev–Trinajstić information content (AvgIpc) is 2.87.